The minimum atomic E-state index is -0.547. The third kappa shape index (κ3) is 12.5. The van der Waals surface area contributed by atoms with Gasteiger partial charge in [-0.1, -0.05) is 94.2 Å². The molecule has 222 valence electrons. The molecule has 0 bridgehead atoms. The highest BCUT2D eigenvalue weighted by molar-refractivity contribution is 5.89. The smallest absolute Gasteiger partial charge is 0.383 e. The fraction of sp³-hybridized carbons (Fsp3) is 0.571. The summed E-state index contributed by atoms with van der Waals surface area (Å²) in [6, 6.07) is 5.65. The average molecular weight is 553 g/mol. The second-order valence-electron chi connectivity index (χ2n) is 10.7. The van der Waals surface area contributed by atoms with Crippen molar-refractivity contribution < 1.29 is 18.6 Å². The molecule has 40 heavy (non-hydrogen) atoms. The lowest BCUT2D eigenvalue weighted by atomic mass is 10.1. The van der Waals surface area contributed by atoms with Crippen LogP contribution in [0.2, 0.25) is 0 Å². The van der Waals surface area contributed by atoms with Crippen LogP contribution in [0.1, 0.15) is 112 Å². The van der Waals surface area contributed by atoms with Crippen LogP contribution in [0.3, 0.4) is 0 Å². The second-order valence-corrected chi connectivity index (χ2v) is 10.7. The van der Waals surface area contributed by atoms with Crippen molar-refractivity contribution in [2.75, 3.05) is 19.8 Å². The van der Waals surface area contributed by atoms with E-state index in [1.807, 2.05) is 18.2 Å². The van der Waals surface area contributed by atoms with Crippen LogP contribution in [-0.2, 0) is 0 Å². The van der Waals surface area contributed by atoms with E-state index in [9.17, 15) is 4.79 Å². The van der Waals surface area contributed by atoms with E-state index < -0.39 is 5.63 Å². The van der Waals surface area contributed by atoms with E-state index in [1.165, 1.54) is 49.7 Å². The number of hydrogen-bond acceptors (Lipinski definition) is 5. The van der Waals surface area contributed by atoms with Crippen molar-refractivity contribution in [3.05, 3.63) is 64.1 Å². The highest BCUT2D eigenvalue weighted by Gasteiger charge is 2.20. The summed E-state index contributed by atoms with van der Waals surface area (Å²) >= 11 is 0. The largest absolute Gasteiger partial charge is 0.490 e. The molecule has 0 saturated carbocycles. The number of rotatable bonds is 21. The van der Waals surface area contributed by atoms with Gasteiger partial charge < -0.3 is 18.6 Å². The van der Waals surface area contributed by atoms with Crippen molar-refractivity contribution >= 4 is 11.0 Å². The topological polar surface area (TPSA) is 57.9 Å². The number of allylic oxidation sites excluding steroid dienone is 4. The van der Waals surface area contributed by atoms with E-state index in [0.29, 0.717) is 48.7 Å². The Morgan fingerprint density at radius 2 is 1.55 bits per heavy atom. The van der Waals surface area contributed by atoms with Crippen LogP contribution in [0.4, 0.5) is 0 Å². The normalized spacial score (nSPS) is 11.8. The van der Waals surface area contributed by atoms with E-state index in [4.69, 9.17) is 18.6 Å². The number of benzene rings is 1. The highest BCUT2D eigenvalue weighted by Crippen LogP contribution is 2.37. The van der Waals surface area contributed by atoms with Crippen molar-refractivity contribution in [1.29, 1.82) is 0 Å². The maximum absolute atomic E-state index is 13.1. The van der Waals surface area contributed by atoms with Crippen molar-refractivity contribution in [1.82, 2.24) is 0 Å². The molecule has 0 saturated heterocycles. The number of hydrogen-bond donors (Lipinski definition) is 0. The Morgan fingerprint density at radius 3 is 2.27 bits per heavy atom. The maximum Gasteiger partial charge on any atom is 0.383 e. The van der Waals surface area contributed by atoms with Crippen molar-refractivity contribution in [3.63, 3.8) is 0 Å². The first-order valence-electron chi connectivity index (χ1n) is 15.4. The van der Waals surface area contributed by atoms with Gasteiger partial charge in [0.25, 0.3) is 0 Å². The summed E-state index contributed by atoms with van der Waals surface area (Å²) in [6.07, 6.45) is 22.0. The van der Waals surface area contributed by atoms with Gasteiger partial charge >= 0.3 is 5.63 Å². The average Bonchev–Trinajstić information content (AvgIpc) is 2.93. The minimum Gasteiger partial charge on any atom is -0.490 e. The molecule has 0 N–H and O–H groups in total. The minimum absolute atomic E-state index is 0.119. The summed E-state index contributed by atoms with van der Waals surface area (Å²) in [5.74, 6) is 1.10. The van der Waals surface area contributed by atoms with E-state index in [1.54, 1.807) is 0 Å². The lowest BCUT2D eigenvalue weighted by molar-refractivity contribution is 0.272. The Kier molecular flexibility index (Phi) is 16.6. The first kappa shape index (κ1) is 33.3. The molecule has 2 aromatic rings. The zero-order valence-corrected chi connectivity index (χ0v) is 25.7. The van der Waals surface area contributed by atoms with Gasteiger partial charge in [0.2, 0.25) is 5.75 Å². The first-order chi connectivity index (χ1) is 19.5. The zero-order valence-electron chi connectivity index (χ0n) is 25.7. The predicted molar refractivity (Wildman–Crippen MR) is 168 cm³/mol. The summed E-state index contributed by atoms with van der Waals surface area (Å²) < 4.78 is 24.0. The summed E-state index contributed by atoms with van der Waals surface area (Å²) in [7, 11) is 0. The maximum atomic E-state index is 13.1. The SMILES string of the molecule is CC/C=C/CCOc1c(OC/C=C(\C)CCC=C(C)C)c2cccc(OCCCCCCCCCC)c2oc1=O. The second kappa shape index (κ2) is 20.0. The van der Waals surface area contributed by atoms with Crippen LogP contribution in [-0.4, -0.2) is 19.8 Å². The monoisotopic (exact) mass is 552 g/mol. The highest BCUT2D eigenvalue weighted by atomic mass is 16.5. The third-order valence-electron chi connectivity index (χ3n) is 6.75. The number of para-hydroxylation sites is 1. The molecule has 0 aliphatic heterocycles. The van der Waals surface area contributed by atoms with Gasteiger partial charge in [-0.15, -0.1) is 0 Å². The molecular weight excluding hydrogens is 500 g/mol. The molecule has 2 rings (SSSR count). The van der Waals surface area contributed by atoms with E-state index in [0.717, 1.165) is 32.1 Å². The van der Waals surface area contributed by atoms with Crippen LogP contribution in [0.25, 0.3) is 11.0 Å². The summed E-state index contributed by atoms with van der Waals surface area (Å²) in [5.41, 5.74) is 2.42. The van der Waals surface area contributed by atoms with Gasteiger partial charge in [-0.2, -0.15) is 0 Å². The van der Waals surface area contributed by atoms with E-state index in [-0.39, 0.29) is 5.75 Å². The Hall–Kier alpha value is -2.95. The van der Waals surface area contributed by atoms with Crippen LogP contribution in [0.15, 0.2) is 62.9 Å². The molecule has 1 heterocycles. The molecule has 5 heteroatoms. The molecule has 0 fully saturated rings. The van der Waals surface area contributed by atoms with Gasteiger partial charge in [-0.3, -0.25) is 0 Å². The van der Waals surface area contributed by atoms with Crippen LogP contribution in [0, 0.1) is 0 Å². The van der Waals surface area contributed by atoms with Gasteiger partial charge in [0.1, 0.15) is 6.61 Å². The fourth-order valence-corrected chi connectivity index (χ4v) is 4.42. The summed E-state index contributed by atoms with van der Waals surface area (Å²) in [5, 5.41) is 0.683. The van der Waals surface area contributed by atoms with Crippen LogP contribution >= 0.6 is 0 Å². The van der Waals surface area contributed by atoms with Gasteiger partial charge in [0.15, 0.2) is 17.1 Å². The van der Waals surface area contributed by atoms with Crippen LogP contribution < -0.4 is 19.8 Å². The first-order valence-corrected chi connectivity index (χ1v) is 15.4. The molecule has 0 unspecified atom stereocenters. The summed E-state index contributed by atoms with van der Waals surface area (Å²) in [4.78, 5) is 13.1. The Balaban J connectivity index is 2.15. The molecule has 0 radical (unpaired) electrons. The number of ether oxygens (including phenoxy) is 3. The standard InChI is InChI=1S/C35H52O5/c1-6-8-10-12-13-14-15-17-25-37-31-23-19-22-30-32(31)40-35(36)34(38-26-16-11-9-7-2)33(30)39-27-24-29(5)21-18-20-28(3)4/h9,11,19-20,22-24H,6-8,10,12-18,21,25-27H2,1-5H3/b11-9+,29-24+. The molecule has 0 spiro atoms. The lowest BCUT2D eigenvalue weighted by Crippen LogP contribution is -2.12. The molecule has 0 aliphatic rings. The van der Waals surface area contributed by atoms with E-state index in [2.05, 4.69) is 58.9 Å². The Bertz CT molecular complexity index is 1130. The Labute approximate surface area is 242 Å². The van der Waals surface area contributed by atoms with Crippen molar-refractivity contribution in [3.8, 4) is 17.2 Å². The Morgan fingerprint density at radius 1 is 0.800 bits per heavy atom. The third-order valence-corrected chi connectivity index (χ3v) is 6.75. The van der Waals surface area contributed by atoms with E-state index >= 15 is 0 Å². The van der Waals surface area contributed by atoms with Gasteiger partial charge in [-0.25, -0.2) is 4.79 Å². The molecule has 5 nitrogen and oxygen atoms in total. The zero-order chi connectivity index (χ0) is 29.0. The van der Waals surface area contributed by atoms with Gasteiger partial charge in [0, 0.05) is 0 Å². The van der Waals surface area contributed by atoms with Crippen molar-refractivity contribution in [2.45, 2.75) is 112 Å². The molecule has 0 aliphatic carbocycles. The molecule has 1 aromatic carbocycles. The fourth-order valence-electron chi connectivity index (χ4n) is 4.42. The van der Waals surface area contributed by atoms with Crippen LogP contribution in [0.5, 0.6) is 17.2 Å². The quantitative estimate of drug-likeness (QED) is 0.0876. The number of unbranched alkanes of at least 4 members (excludes halogenated alkanes) is 7. The molecule has 0 amide bonds. The predicted octanol–water partition coefficient (Wildman–Crippen LogP) is 10.1. The van der Waals surface area contributed by atoms with Crippen molar-refractivity contribution in [2.24, 2.45) is 0 Å². The van der Waals surface area contributed by atoms with Gasteiger partial charge in [-0.05, 0) is 71.1 Å². The summed E-state index contributed by atoms with van der Waals surface area (Å²) in [6.45, 7) is 12.0. The van der Waals surface area contributed by atoms with Gasteiger partial charge in [0.05, 0.1) is 18.6 Å². The molecule has 0 atom stereocenters. The lowest BCUT2D eigenvalue weighted by Gasteiger charge is -2.15. The molecule has 1 aromatic heterocycles. The number of fused-ring (bicyclic) bond motifs is 1. The molecular formula is C35H52O5.